The van der Waals surface area contributed by atoms with E-state index in [0.717, 1.165) is 18.4 Å². The van der Waals surface area contributed by atoms with E-state index in [-0.39, 0.29) is 16.9 Å². The summed E-state index contributed by atoms with van der Waals surface area (Å²) < 4.78 is 56.4. The van der Waals surface area contributed by atoms with Crippen molar-refractivity contribution in [3.05, 3.63) is 59.7 Å². The summed E-state index contributed by atoms with van der Waals surface area (Å²) >= 11 is 0. The van der Waals surface area contributed by atoms with Crippen molar-refractivity contribution in [3.8, 4) is 0 Å². The van der Waals surface area contributed by atoms with Crippen LogP contribution >= 0.6 is 0 Å². The van der Waals surface area contributed by atoms with Gasteiger partial charge in [0.25, 0.3) is 5.91 Å². The summed E-state index contributed by atoms with van der Waals surface area (Å²) in [6.07, 6.45) is -0.407. The summed E-state index contributed by atoms with van der Waals surface area (Å²) in [6, 6.07) is 8.26. The van der Waals surface area contributed by atoms with Crippen LogP contribution in [0.5, 0.6) is 0 Å². The number of amides is 1. The molecule has 27 heavy (non-hydrogen) atoms. The van der Waals surface area contributed by atoms with Gasteiger partial charge >= 0.3 is 5.97 Å². The molecule has 0 saturated heterocycles. The van der Waals surface area contributed by atoms with E-state index < -0.39 is 39.6 Å². The molecule has 0 aliphatic rings. The normalized spacial score (nSPS) is 12.1. The van der Waals surface area contributed by atoms with Gasteiger partial charge < -0.3 is 10.1 Å². The Morgan fingerprint density at radius 1 is 1.07 bits per heavy atom. The number of para-hydroxylation sites is 1. The smallest absolute Gasteiger partial charge is 0.341 e. The van der Waals surface area contributed by atoms with Crippen LogP contribution in [0.3, 0.4) is 0 Å². The minimum atomic E-state index is -3.64. The molecule has 0 heterocycles. The summed E-state index contributed by atoms with van der Waals surface area (Å²) in [5.41, 5.74) is -0.388. The second kappa shape index (κ2) is 8.12. The van der Waals surface area contributed by atoms with Crippen molar-refractivity contribution < 1.29 is 31.5 Å². The highest BCUT2D eigenvalue weighted by Crippen LogP contribution is 2.19. The molecule has 1 amide bonds. The number of hydrogen-bond donors (Lipinski definition) is 2. The molecule has 0 unspecified atom stereocenters. The lowest BCUT2D eigenvalue weighted by molar-refractivity contribution is -0.123. The van der Waals surface area contributed by atoms with Gasteiger partial charge in [-0.2, -0.15) is 0 Å². The van der Waals surface area contributed by atoms with Crippen LogP contribution < -0.4 is 10.0 Å². The number of benzene rings is 2. The number of carbonyl (C=O) groups excluding carboxylic acids is 2. The summed E-state index contributed by atoms with van der Waals surface area (Å²) in [5, 5.41) is 2.18. The minimum Gasteiger partial charge on any atom is -0.449 e. The number of ether oxygens (including phenoxy) is 1. The van der Waals surface area contributed by atoms with Crippen LogP contribution in [0.25, 0.3) is 0 Å². The van der Waals surface area contributed by atoms with Gasteiger partial charge in [-0.3, -0.25) is 9.52 Å². The van der Waals surface area contributed by atoms with Crippen LogP contribution in [0.1, 0.15) is 17.3 Å². The summed E-state index contributed by atoms with van der Waals surface area (Å²) in [7, 11) is -3.64. The molecule has 0 spiro atoms. The highest BCUT2D eigenvalue weighted by atomic mass is 32.2. The van der Waals surface area contributed by atoms with Gasteiger partial charge in [-0.05, 0) is 31.2 Å². The van der Waals surface area contributed by atoms with Gasteiger partial charge in [-0.25, -0.2) is 22.0 Å². The molecule has 0 aromatic heterocycles. The van der Waals surface area contributed by atoms with Crippen LogP contribution in [0.2, 0.25) is 0 Å². The largest absolute Gasteiger partial charge is 0.449 e. The average molecular weight is 398 g/mol. The fourth-order valence-electron chi connectivity index (χ4n) is 2.05. The molecular formula is C17H16F2N2O5S. The monoisotopic (exact) mass is 398 g/mol. The van der Waals surface area contributed by atoms with Crippen molar-refractivity contribution in [2.45, 2.75) is 13.0 Å². The Morgan fingerprint density at radius 2 is 1.74 bits per heavy atom. The summed E-state index contributed by atoms with van der Waals surface area (Å²) in [5.74, 6) is -3.59. The topological polar surface area (TPSA) is 102 Å². The molecule has 0 radical (unpaired) electrons. The zero-order valence-electron chi connectivity index (χ0n) is 14.3. The Bertz CT molecular complexity index is 979. The second-order valence-corrected chi connectivity index (χ2v) is 7.33. The van der Waals surface area contributed by atoms with Crippen LogP contribution in [0.4, 0.5) is 20.2 Å². The fourth-order valence-corrected chi connectivity index (χ4v) is 2.63. The lowest BCUT2D eigenvalue weighted by Crippen LogP contribution is -2.30. The molecule has 0 saturated carbocycles. The van der Waals surface area contributed by atoms with Gasteiger partial charge in [-0.1, -0.05) is 12.1 Å². The Kier molecular flexibility index (Phi) is 6.11. The number of rotatable bonds is 6. The number of hydrogen-bond acceptors (Lipinski definition) is 5. The molecule has 2 rings (SSSR count). The third-order valence-corrected chi connectivity index (χ3v) is 3.88. The highest BCUT2D eigenvalue weighted by Gasteiger charge is 2.22. The van der Waals surface area contributed by atoms with Gasteiger partial charge in [0.15, 0.2) is 6.10 Å². The van der Waals surface area contributed by atoms with E-state index in [1.165, 1.54) is 31.2 Å². The number of anilines is 2. The standard InChI is InChI=1S/C17H16F2N2O5S/c1-10(16(22)20-15-8-7-11(18)9-13(15)19)26-17(23)12-5-3-4-6-14(12)21-27(2,24)25/h3-10,21H,1-2H3,(H,20,22)/t10-/m1/s1. The Labute approximate surface area is 154 Å². The Morgan fingerprint density at radius 3 is 2.37 bits per heavy atom. The molecule has 1 atom stereocenters. The molecule has 2 aromatic rings. The van der Waals surface area contributed by atoms with E-state index in [1.807, 2.05) is 0 Å². The maximum Gasteiger partial charge on any atom is 0.341 e. The molecule has 0 aliphatic carbocycles. The minimum absolute atomic E-state index is 0.0119. The van der Waals surface area contributed by atoms with Crippen molar-refractivity contribution >= 4 is 33.3 Å². The molecule has 2 aromatic carbocycles. The Balaban J connectivity index is 2.10. The van der Waals surface area contributed by atoms with Crippen molar-refractivity contribution in [3.63, 3.8) is 0 Å². The van der Waals surface area contributed by atoms with E-state index in [1.54, 1.807) is 0 Å². The van der Waals surface area contributed by atoms with Gasteiger partial charge in [0, 0.05) is 6.07 Å². The zero-order chi connectivity index (χ0) is 20.2. The number of halogens is 2. The Hall–Kier alpha value is -3.01. The first-order chi connectivity index (χ1) is 12.6. The van der Waals surface area contributed by atoms with Gasteiger partial charge in [-0.15, -0.1) is 0 Å². The van der Waals surface area contributed by atoms with Crippen LogP contribution in [-0.2, 0) is 19.6 Å². The van der Waals surface area contributed by atoms with Crippen molar-refractivity contribution in [2.75, 3.05) is 16.3 Å². The lowest BCUT2D eigenvalue weighted by atomic mass is 10.2. The maximum absolute atomic E-state index is 13.6. The van der Waals surface area contributed by atoms with Crippen LogP contribution in [-0.4, -0.2) is 32.7 Å². The van der Waals surface area contributed by atoms with E-state index in [9.17, 15) is 26.8 Å². The van der Waals surface area contributed by atoms with Crippen LogP contribution in [0.15, 0.2) is 42.5 Å². The predicted molar refractivity (Wildman–Crippen MR) is 94.8 cm³/mol. The van der Waals surface area contributed by atoms with E-state index in [2.05, 4.69) is 10.0 Å². The molecule has 10 heteroatoms. The quantitative estimate of drug-likeness (QED) is 0.728. The van der Waals surface area contributed by atoms with E-state index >= 15 is 0 Å². The van der Waals surface area contributed by atoms with Gasteiger partial charge in [0.1, 0.15) is 11.6 Å². The predicted octanol–water partition coefficient (Wildman–Crippen LogP) is 2.52. The van der Waals surface area contributed by atoms with Crippen LogP contribution in [0, 0.1) is 11.6 Å². The highest BCUT2D eigenvalue weighted by molar-refractivity contribution is 7.92. The van der Waals surface area contributed by atoms with Gasteiger partial charge in [0.2, 0.25) is 10.0 Å². The zero-order valence-corrected chi connectivity index (χ0v) is 15.1. The van der Waals surface area contributed by atoms with Gasteiger partial charge in [0.05, 0.1) is 23.2 Å². The van der Waals surface area contributed by atoms with E-state index in [4.69, 9.17) is 4.74 Å². The number of nitrogens with one attached hydrogen (secondary N) is 2. The van der Waals surface area contributed by atoms with Crippen molar-refractivity contribution in [1.82, 2.24) is 0 Å². The second-order valence-electron chi connectivity index (χ2n) is 5.58. The molecule has 0 bridgehead atoms. The summed E-state index contributed by atoms with van der Waals surface area (Å²) in [4.78, 5) is 24.3. The third-order valence-electron chi connectivity index (χ3n) is 3.28. The van der Waals surface area contributed by atoms with E-state index in [0.29, 0.717) is 6.07 Å². The average Bonchev–Trinajstić information content (AvgIpc) is 2.56. The molecular weight excluding hydrogens is 382 g/mol. The SMILES string of the molecule is C[C@@H](OC(=O)c1ccccc1NS(C)(=O)=O)C(=O)Nc1ccc(F)cc1F. The number of sulfonamides is 1. The maximum atomic E-state index is 13.6. The summed E-state index contributed by atoms with van der Waals surface area (Å²) in [6.45, 7) is 1.25. The first-order valence-corrected chi connectivity index (χ1v) is 9.49. The molecule has 144 valence electrons. The molecule has 0 fully saturated rings. The van der Waals surface area contributed by atoms with Crippen molar-refractivity contribution in [1.29, 1.82) is 0 Å². The number of carbonyl (C=O) groups is 2. The number of esters is 1. The first kappa shape index (κ1) is 20.3. The molecule has 0 aliphatic heterocycles. The lowest BCUT2D eigenvalue weighted by Gasteiger charge is -2.15. The first-order valence-electron chi connectivity index (χ1n) is 7.60. The molecule has 7 nitrogen and oxygen atoms in total. The fraction of sp³-hybridized carbons (Fsp3) is 0.176. The third kappa shape index (κ3) is 5.74. The van der Waals surface area contributed by atoms with Crippen molar-refractivity contribution in [2.24, 2.45) is 0 Å². The molecule has 2 N–H and O–H groups in total.